The van der Waals surface area contributed by atoms with Crippen molar-refractivity contribution in [2.24, 2.45) is 0 Å². The summed E-state index contributed by atoms with van der Waals surface area (Å²) in [6.45, 7) is 3.51. The van der Waals surface area contributed by atoms with E-state index in [1.54, 1.807) is 44.2 Å². The maximum atomic E-state index is 12.6. The van der Waals surface area contributed by atoms with Gasteiger partial charge in [0.25, 0.3) is 11.6 Å². The number of rotatable bonds is 8. The van der Waals surface area contributed by atoms with Crippen molar-refractivity contribution < 1.29 is 22.9 Å². The standard InChI is InChI=1S/C19H23N3O6S/c1-5-18(19(23)20-17-12-15(22(24)25)7-6-13(17)2)28-16-10-8-14(9-11-16)21(3)29(4,26)27/h6-12,18H,5H2,1-4H3,(H,20,23)/t18-/m0/s1. The van der Waals surface area contributed by atoms with Crippen LogP contribution >= 0.6 is 0 Å². The van der Waals surface area contributed by atoms with E-state index in [1.165, 1.54) is 19.2 Å². The van der Waals surface area contributed by atoms with Crippen LogP contribution in [0.3, 0.4) is 0 Å². The van der Waals surface area contributed by atoms with Gasteiger partial charge < -0.3 is 10.1 Å². The summed E-state index contributed by atoms with van der Waals surface area (Å²) in [5, 5.41) is 13.6. The molecule has 0 aromatic heterocycles. The summed E-state index contributed by atoms with van der Waals surface area (Å²) in [4.78, 5) is 23.0. The van der Waals surface area contributed by atoms with Crippen LogP contribution in [0.5, 0.6) is 5.75 Å². The molecular formula is C19H23N3O6S. The quantitative estimate of drug-likeness (QED) is 0.517. The first-order valence-corrected chi connectivity index (χ1v) is 10.6. The third-order valence-corrected chi connectivity index (χ3v) is 5.53. The average molecular weight is 421 g/mol. The van der Waals surface area contributed by atoms with Crippen molar-refractivity contribution in [3.63, 3.8) is 0 Å². The van der Waals surface area contributed by atoms with Gasteiger partial charge in [-0.3, -0.25) is 19.2 Å². The molecule has 9 nitrogen and oxygen atoms in total. The summed E-state index contributed by atoms with van der Waals surface area (Å²) in [6.07, 6.45) is 0.641. The van der Waals surface area contributed by atoms with Crippen molar-refractivity contribution in [2.45, 2.75) is 26.4 Å². The fourth-order valence-electron chi connectivity index (χ4n) is 2.48. The summed E-state index contributed by atoms with van der Waals surface area (Å²) >= 11 is 0. The number of carbonyl (C=O) groups excluding carboxylic acids is 1. The normalized spacial score (nSPS) is 12.1. The number of benzene rings is 2. The van der Waals surface area contributed by atoms with E-state index in [9.17, 15) is 23.3 Å². The Kier molecular flexibility index (Phi) is 6.80. The van der Waals surface area contributed by atoms with Gasteiger partial charge in [-0.2, -0.15) is 0 Å². The molecule has 0 aliphatic heterocycles. The topological polar surface area (TPSA) is 119 Å². The average Bonchev–Trinajstić information content (AvgIpc) is 2.66. The van der Waals surface area contributed by atoms with Crippen LogP contribution < -0.4 is 14.4 Å². The second-order valence-electron chi connectivity index (χ2n) is 6.48. The fourth-order valence-corrected chi connectivity index (χ4v) is 2.99. The molecule has 29 heavy (non-hydrogen) atoms. The van der Waals surface area contributed by atoms with Gasteiger partial charge in [0.1, 0.15) is 5.75 Å². The number of aryl methyl sites for hydroxylation is 1. The van der Waals surface area contributed by atoms with Crippen LogP contribution in [0.25, 0.3) is 0 Å². The monoisotopic (exact) mass is 421 g/mol. The van der Waals surface area contributed by atoms with Gasteiger partial charge in [0.2, 0.25) is 10.0 Å². The number of amides is 1. The lowest BCUT2D eigenvalue weighted by Gasteiger charge is -2.20. The molecule has 0 bridgehead atoms. The third-order valence-electron chi connectivity index (χ3n) is 4.33. The molecule has 2 aromatic carbocycles. The van der Waals surface area contributed by atoms with Gasteiger partial charge >= 0.3 is 0 Å². The minimum absolute atomic E-state index is 0.120. The van der Waals surface area contributed by atoms with Gasteiger partial charge in [0, 0.05) is 19.2 Å². The third kappa shape index (κ3) is 5.67. The van der Waals surface area contributed by atoms with Gasteiger partial charge in [-0.25, -0.2) is 8.42 Å². The number of hydrogen-bond acceptors (Lipinski definition) is 6. The number of carbonyl (C=O) groups is 1. The Morgan fingerprint density at radius 3 is 2.38 bits per heavy atom. The molecule has 0 fully saturated rings. The fraction of sp³-hybridized carbons (Fsp3) is 0.316. The second-order valence-corrected chi connectivity index (χ2v) is 8.50. The number of ether oxygens (including phenoxy) is 1. The van der Waals surface area contributed by atoms with Crippen molar-refractivity contribution >= 4 is 33.0 Å². The Morgan fingerprint density at radius 1 is 1.24 bits per heavy atom. The molecule has 2 aromatic rings. The lowest BCUT2D eigenvalue weighted by molar-refractivity contribution is -0.384. The molecule has 0 saturated heterocycles. The number of nitro benzene ring substituents is 1. The summed E-state index contributed by atoms with van der Waals surface area (Å²) in [5.74, 6) is -0.0400. The maximum Gasteiger partial charge on any atom is 0.271 e. The Labute approximate surface area is 169 Å². The first kappa shape index (κ1) is 22.2. The highest BCUT2D eigenvalue weighted by Gasteiger charge is 2.21. The summed E-state index contributed by atoms with van der Waals surface area (Å²) in [6, 6.07) is 10.5. The minimum Gasteiger partial charge on any atom is -0.481 e. The molecule has 0 heterocycles. The molecule has 1 N–H and O–H groups in total. The molecule has 1 amide bonds. The number of hydrogen-bond donors (Lipinski definition) is 1. The molecule has 0 spiro atoms. The van der Waals surface area contributed by atoms with Crippen LogP contribution in [0, 0.1) is 17.0 Å². The molecule has 0 aliphatic rings. The van der Waals surface area contributed by atoms with E-state index >= 15 is 0 Å². The molecule has 0 unspecified atom stereocenters. The van der Waals surface area contributed by atoms with Gasteiger partial charge in [-0.15, -0.1) is 0 Å². The van der Waals surface area contributed by atoms with Gasteiger partial charge in [-0.1, -0.05) is 13.0 Å². The largest absolute Gasteiger partial charge is 0.481 e. The molecule has 1 atom stereocenters. The molecule has 2 rings (SSSR count). The van der Waals surface area contributed by atoms with Crippen molar-refractivity contribution in [1.29, 1.82) is 0 Å². The number of sulfonamides is 1. The van der Waals surface area contributed by atoms with E-state index in [4.69, 9.17) is 4.74 Å². The molecular weight excluding hydrogens is 398 g/mol. The lowest BCUT2D eigenvalue weighted by Crippen LogP contribution is -2.32. The van der Waals surface area contributed by atoms with Crippen molar-refractivity contribution in [3.05, 3.63) is 58.1 Å². The molecule has 0 saturated carbocycles. The van der Waals surface area contributed by atoms with Crippen LogP contribution in [-0.2, 0) is 14.8 Å². The number of nitrogens with zero attached hydrogens (tertiary/aromatic N) is 2. The highest BCUT2D eigenvalue weighted by Crippen LogP contribution is 2.24. The zero-order chi connectivity index (χ0) is 21.8. The van der Waals surface area contributed by atoms with Gasteiger partial charge in [0.15, 0.2) is 6.10 Å². The van der Waals surface area contributed by atoms with Crippen LogP contribution in [0.15, 0.2) is 42.5 Å². The Hall–Kier alpha value is -3.14. The SMILES string of the molecule is CC[C@H](Oc1ccc(N(C)S(C)(=O)=O)cc1)C(=O)Nc1cc([N+](=O)[O-])ccc1C. The summed E-state index contributed by atoms with van der Waals surface area (Å²) in [7, 11) is -1.94. The van der Waals surface area contributed by atoms with Crippen molar-refractivity contribution in [1.82, 2.24) is 0 Å². The summed E-state index contributed by atoms with van der Waals surface area (Å²) < 4.78 is 30.0. The van der Waals surface area contributed by atoms with E-state index in [1.807, 2.05) is 0 Å². The smallest absolute Gasteiger partial charge is 0.271 e. The zero-order valence-corrected chi connectivity index (χ0v) is 17.4. The van der Waals surface area contributed by atoms with E-state index in [2.05, 4.69) is 5.32 Å². The number of nitrogens with one attached hydrogen (secondary N) is 1. The predicted molar refractivity (Wildman–Crippen MR) is 111 cm³/mol. The minimum atomic E-state index is -3.38. The van der Waals surface area contributed by atoms with Crippen LogP contribution in [0.2, 0.25) is 0 Å². The van der Waals surface area contributed by atoms with Crippen molar-refractivity contribution in [2.75, 3.05) is 22.9 Å². The van der Waals surface area contributed by atoms with Crippen molar-refractivity contribution in [3.8, 4) is 5.75 Å². The second kappa shape index (κ2) is 8.91. The van der Waals surface area contributed by atoms with Crippen LogP contribution in [-0.4, -0.2) is 38.7 Å². The molecule has 10 heteroatoms. The van der Waals surface area contributed by atoms with Crippen LogP contribution in [0.1, 0.15) is 18.9 Å². The Morgan fingerprint density at radius 2 is 1.86 bits per heavy atom. The van der Waals surface area contributed by atoms with E-state index in [0.29, 0.717) is 29.1 Å². The van der Waals surface area contributed by atoms with Gasteiger partial charge in [-0.05, 0) is 43.2 Å². The maximum absolute atomic E-state index is 12.6. The van der Waals surface area contributed by atoms with E-state index in [-0.39, 0.29) is 5.69 Å². The number of non-ortho nitro benzene ring substituents is 1. The van der Waals surface area contributed by atoms with Crippen LogP contribution in [0.4, 0.5) is 17.1 Å². The lowest BCUT2D eigenvalue weighted by atomic mass is 10.1. The Balaban J connectivity index is 2.13. The Bertz CT molecular complexity index is 1010. The predicted octanol–water partition coefficient (Wildman–Crippen LogP) is 3.10. The van der Waals surface area contributed by atoms with E-state index < -0.39 is 27.0 Å². The number of nitro groups is 1. The summed E-state index contributed by atoms with van der Waals surface area (Å²) in [5.41, 5.74) is 1.37. The van der Waals surface area contributed by atoms with Gasteiger partial charge in [0.05, 0.1) is 22.6 Å². The first-order chi connectivity index (χ1) is 13.5. The first-order valence-electron chi connectivity index (χ1n) is 8.79. The molecule has 156 valence electrons. The highest BCUT2D eigenvalue weighted by atomic mass is 32.2. The van der Waals surface area contributed by atoms with E-state index in [0.717, 1.165) is 10.6 Å². The molecule has 0 aliphatic carbocycles. The highest BCUT2D eigenvalue weighted by molar-refractivity contribution is 7.92. The number of anilines is 2. The zero-order valence-electron chi connectivity index (χ0n) is 16.6. The molecule has 0 radical (unpaired) electrons.